The summed E-state index contributed by atoms with van der Waals surface area (Å²) in [7, 11) is 0. The van der Waals surface area contributed by atoms with Crippen molar-refractivity contribution in [2.24, 2.45) is 5.73 Å². The van der Waals surface area contributed by atoms with Gasteiger partial charge in [0.25, 0.3) is 0 Å². The molecule has 0 radical (unpaired) electrons. The first-order valence-corrected chi connectivity index (χ1v) is 5.39. The summed E-state index contributed by atoms with van der Waals surface area (Å²) >= 11 is 3.30. The van der Waals surface area contributed by atoms with Crippen molar-refractivity contribution < 1.29 is 4.39 Å². The summed E-state index contributed by atoms with van der Waals surface area (Å²) < 4.78 is 14.3. The molecule has 1 nitrogen and oxygen atoms in total. The predicted molar refractivity (Wildman–Crippen MR) is 59.5 cm³/mol. The van der Waals surface area contributed by atoms with E-state index < -0.39 is 0 Å². The summed E-state index contributed by atoms with van der Waals surface area (Å²) in [5.41, 5.74) is 8.48. The molecule has 0 spiro atoms. The van der Waals surface area contributed by atoms with Gasteiger partial charge in [-0.1, -0.05) is 22.0 Å². The average Bonchev–Trinajstić information content (AvgIpc) is 2.49. The van der Waals surface area contributed by atoms with Crippen molar-refractivity contribution in [2.75, 3.05) is 6.54 Å². The molecule has 1 aromatic rings. The second kappa shape index (κ2) is 3.83. The Morgan fingerprint density at radius 3 is 2.93 bits per heavy atom. The highest BCUT2D eigenvalue weighted by atomic mass is 79.9. The van der Waals surface area contributed by atoms with Gasteiger partial charge < -0.3 is 5.73 Å². The van der Waals surface area contributed by atoms with Crippen LogP contribution in [0.15, 0.2) is 22.7 Å². The third kappa shape index (κ3) is 1.62. The van der Waals surface area contributed by atoms with Crippen molar-refractivity contribution in [1.29, 1.82) is 0 Å². The van der Waals surface area contributed by atoms with E-state index in [4.69, 9.17) is 5.73 Å². The lowest BCUT2D eigenvalue weighted by molar-refractivity contribution is 0.614. The van der Waals surface area contributed by atoms with E-state index in [1.165, 1.54) is 11.6 Å². The van der Waals surface area contributed by atoms with Crippen molar-refractivity contribution in [1.82, 2.24) is 0 Å². The molecule has 0 bridgehead atoms. The fourth-order valence-corrected chi connectivity index (χ4v) is 2.25. The summed E-state index contributed by atoms with van der Waals surface area (Å²) in [5, 5.41) is 0. The monoisotopic (exact) mass is 255 g/mol. The number of rotatable bonds is 2. The predicted octanol–water partition coefficient (Wildman–Crippen LogP) is 2.88. The molecule has 0 unspecified atom stereocenters. The lowest BCUT2D eigenvalue weighted by Crippen LogP contribution is -1.99. The minimum Gasteiger partial charge on any atom is -0.330 e. The fourth-order valence-electron chi connectivity index (χ4n) is 1.82. The number of fused-ring (bicyclic) bond motifs is 1. The quantitative estimate of drug-likeness (QED) is 0.865. The van der Waals surface area contributed by atoms with E-state index in [-0.39, 0.29) is 5.82 Å². The molecule has 0 fully saturated rings. The zero-order valence-electron chi connectivity index (χ0n) is 7.69. The van der Waals surface area contributed by atoms with Gasteiger partial charge in [0.1, 0.15) is 5.82 Å². The second-order valence-electron chi connectivity index (χ2n) is 3.39. The highest BCUT2D eigenvalue weighted by Gasteiger charge is 2.17. The fraction of sp³-hybridized carbons (Fsp3) is 0.273. The molecule has 1 aromatic carbocycles. The van der Waals surface area contributed by atoms with Gasteiger partial charge in [0.2, 0.25) is 0 Å². The molecule has 1 aliphatic carbocycles. The van der Waals surface area contributed by atoms with E-state index in [9.17, 15) is 4.39 Å². The molecule has 0 amide bonds. The van der Waals surface area contributed by atoms with Crippen molar-refractivity contribution in [2.45, 2.75) is 12.8 Å². The van der Waals surface area contributed by atoms with E-state index in [1.807, 2.05) is 6.07 Å². The van der Waals surface area contributed by atoms with Gasteiger partial charge in [0, 0.05) is 4.47 Å². The van der Waals surface area contributed by atoms with Crippen LogP contribution in [0.3, 0.4) is 0 Å². The molecule has 0 atom stereocenters. The summed E-state index contributed by atoms with van der Waals surface area (Å²) in [6.45, 7) is 0.611. The maximum Gasteiger partial charge on any atom is 0.128 e. The van der Waals surface area contributed by atoms with Crippen LogP contribution in [0.25, 0.3) is 5.57 Å². The Labute approximate surface area is 90.9 Å². The Hall–Kier alpha value is -0.670. The Balaban J connectivity index is 2.45. The van der Waals surface area contributed by atoms with Crippen LogP contribution in [-0.4, -0.2) is 6.54 Å². The SMILES string of the molecule is NCCC1=CCc2c(F)cc(Br)cc21. The number of halogens is 2. The number of hydrogen-bond donors (Lipinski definition) is 1. The van der Waals surface area contributed by atoms with E-state index in [2.05, 4.69) is 22.0 Å². The highest BCUT2D eigenvalue weighted by Crippen LogP contribution is 2.33. The normalized spacial score (nSPS) is 14.1. The highest BCUT2D eigenvalue weighted by molar-refractivity contribution is 9.10. The van der Waals surface area contributed by atoms with Crippen molar-refractivity contribution in [3.63, 3.8) is 0 Å². The lowest BCUT2D eigenvalue weighted by atomic mass is 10.0. The van der Waals surface area contributed by atoms with Gasteiger partial charge in [-0.15, -0.1) is 0 Å². The molecular weight excluding hydrogens is 245 g/mol. The molecule has 0 saturated carbocycles. The van der Waals surface area contributed by atoms with Gasteiger partial charge in [0.05, 0.1) is 0 Å². The van der Waals surface area contributed by atoms with Gasteiger partial charge in [-0.25, -0.2) is 4.39 Å². The number of hydrogen-bond acceptors (Lipinski definition) is 1. The summed E-state index contributed by atoms with van der Waals surface area (Å²) in [4.78, 5) is 0. The molecule has 0 heterocycles. The zero-order chi connectivity index (χ0) is 10.1. The molecule has 0 aliphatic heterocycles. The average molecular weight is 256 g/mol. The maximum absolute atomic E-state index is 13.5. The first-order valence-electron chi connectivity index (χ1n) is 4.59. The van der Waals surface area contributed by atoms with Gasteiger partial charge in [-0.05, 0) is 48.2 Å². The van der Waals surface area contributed by atoms with Crippen molar-refractivity contribution in [3.05, 3.63) is 39.6 Å². The van der Waals surface area contributed by atoms with Gasteiger partial charge >= 0.3 is 0 Å². The molecule has 74 valence electrons. The molecule has 1 aliphatic rings. The van der Waals surface area contributed by atoms with Crippen LogP contribution in [0, 0.1) is 5.82 Å². The van der Waals surface area contributed by atoms with Crippen LogP contribution in [0.5, 0.6) is 0 Å². The molecule has 0 aromatic heterocycles. The number of nitrogens with two attached hydrogens (primary N) is 1. The van der Waals surface area contributed by atoms with Crippen LogP contribution in [-0.2, 0) is 6.42 Å². The number of allylic oxidation sites excluding steroid dienone is 1. The third-order valence-electron chi connectivity index (χ3n) is 2.47. The minimum atomic E-state index is -0.127. The number of benzene rings is 1. The Bertz CT molecular complexity index is 399. The van der Waals surface area contributed by atoms with E-state index in [0.717, 1.165) is 22.0 Å². The smallest absolute Gasteiger partial charge is 0.128 e. The zero-order valence-corrected chi connectivity index (χ0v) is 9.27. The minimum absolute atomic E-state index is 0.127. The standard InChI is InChI=1S/C11H11BrFN/c12-8-5-10-7(3-4-14)1-2-9(10)11(13)6-8/h1,5-6H,2-4,14H2. The molecular formula is C11H11BrFN. The Morgan fingerprint density at radius 2 is 2.21 bits per heavy atom. The maximum atomic E-state index is 13.5. The van der Waals surface area contributed by atoms with Crippen molar-refractivity contribution >= 4 is 21.5 Å². The molecule has 0 saturated heterocycles. The summed E-state index contributed by atoms with van der Waals surface area (Å²) in [6, 6.07) is 3.48. The van der Waals surface area contributed by atoms with Crippen LogP contribution >= 0.6 is 15.9 Å². The van der Waals surface area contributed by atoms with Gasteiger partial charge in [-0.3, -0.25) is 0 Å². The van der Waals surface area contributed by atoms with E-state index in [0.29, 0.717) is 13.0 Å². The summed E-state index contributed by atoms with van der Waals surface area (Å²) in [6.07, 6.45) is 3.58. The van der Waals surface area contributed by atoms with Crippen LogP contribution in [0.2, 0.25) is 0 Å². The van der Waals surface area contributed by atoms with Gasteiger partial charge in [-0.2, -0.15) is 0 Å². The molecule has 2 rings (SSSR count). The lowest BCUT2D eigenvalue weighted by Gasteiger charge is -2.06. The van der Waals surface area contributed by atoms with E-state index in [1.54, 1.807) is 0 Å². The topological polar surface area (TPSA) is 26.0 Å². The molecule has 14 heavy (non-hydrogen) atoms. The summed E-state index contributed by atoms with van der Waals surface area (Å²) in [5.74, 6) is -0.127. The molecule has 2 N–H and O–H groups in total. The third-order valence-corrected chi connectivity index (χ3v) is 2.93. The Morgan fingerprint density at radius 1 is 1.43 bits per heavy atom. The van der Waals surface area contributed by atoms with Crippen LogP contribution in [0.4, 0.5) is 4.39 Å². The van der Waals surface area contributed by atoms with Crippen molar-refractivity contribution in [3.8, 4) is 0 Å². The van der Waals surface area contributed by atoms with Gasteiger partial charge in [0.15, 0.2) is 0 Å². The van der Waals surface area contributed by atoms with Crippen LogP contribution in [0.1, 0.15) is 17.5 Å². The van der Waals surface area contributed by atoms with Crippen LogP contribution < -0.4 is 5.73 Å². The second-order valence-corrected chi connectivity index (χ2v) is 4.30. The largest absolute Gasteiger partial charge is 0.330 e. The Kier molecular flexibility index (Phi) is 2.70. The van der Waals surface area contributed by atoms with E-state index >= 15 is 0 Å². The first kappa shape index (κ1) is 9.87. The first-order chi connectivity index (χ1) is 6.72. The molecule has 3 heteroatoms.